The monoisotopic (exact) mass is 338 g/mol. The molecule has 0 radical (unpaired) electrons. The highest BCUT2D eigenvalue weighted by molar-refractivity contribution is 6.21. The summed E-state index contributed by atoms with van der Waals surface area (Å²) in [5, 5.41) is 0. The van der Waals surface area contributed by atoms with Crippen molar-refractivity contribution in [2.75, 3.05) is 13.7 Å². The first-order valence-corrected chi connectivity index (χ1v) is 8.55. The van der Waals surface area contributed by atoms with Crippen LogP contribution in [-0.4, -0.2) is 35.4 Å². The number of fused-ring (bicyclic) bond motifs is 1. The lowest BCUT2D eigenvalue weighted by Crippen LogP contribution is -2.31. The first kappa shape index (κ1) is 17.1. The molecule has 2 aromatic rings. The minimum atomic E-state index is -0.205. The number of carbonyl (C=O) groups excluding carboxylic acids is 2. The van der Waals surface area contributed by atoms with E-state index in [4.69, 9.17) is 4.74 Å². The first-order valence-electron chi connectivity index (χ1n) is 8.55. The first-order chi connectivity index (χ1) is 12.1. The quantitative estimate of drug-likeness (QED) is 0.759. The van der Waals surface area contributed by atoms with Crippen LogP contribution < -0.4 is 4.74 Å². The van der Waals surface area contributed by atoms with Crippen LogP contribution in [0.3, 0.4) is 0 Å². The zero-order valence-corrected chi connectivity index (χ0v) is 14.8. The van der Waals surface area contributed by atoms with Crippen molar-refractivity contribution in [2.45, 2.75) is 33.1 Å². The summed E-state index contributed by atoms with van der Waals surface area (Å²) in [6.45, 7) is 4.47. The summed E-state index contributed by atoms with van der Waals surface area (Å²) in [4.78, 5) is 30.6. The van der Waals surface area contributed by atoms with E-state index in [1.54, 1.807) is 31.4 Å². The number of nitrogens with zero attached hydrogens (tertiary/aromatic N) is 2. The molecule has 3 rings (SSSR count). The molecular weight excluding hydrogens is 316 g/mol. The van der Waals surface area contributed by atoms with Gasteiger partial charge in [-0.1, -0.05) is 19.1 Å². The zero-order chi connectivity index (χ0) is 18.0. The van der Waals surface area contributed by atoms with Gasteiger partial charge in [-0.25, -0.2) is 4.98 Å². The summed E-state index contributed by atoms with van der Waals surface area (Å²) in [6.07, 6.45) is 2.29. The van der Waals surface area contributed by atoms with Gasteiger partial charge in [0.05, 0.1) is 18.2 Å². The Morgan fingerprint density at radius 1 is 1.08 bits per heavy atom. The maximum atomic E-state index is 12.4. The molecule has 0 aliphatic carbocycles. The number of aromatic nitrogens is 1. The number of carbonyl (C=O) groups is 2. The van der Waals surface area contributed by atoms with Crippen molar-refractivity contribution in [1.29, 1.82) is 0 Å². The van der Waals surface area contributed by atoms with Crippen molar-refractivity contribution in [3.63, 3.8) is 0 Å². The average molecular weight is 338 g/mol. The van der Waals surface area contributed by atoms with E-state index >= 15 is 0 Å². The topological polar surface area (TPSA) is 59.5 Å². The van der Waals surface area contributed by atoms with Crippen molar-refractivity contribution in [3.8, 4) is 5.88 Å². The fourth-order valence-electron chi connectivity index (χ4n) is 3.26. The lowest BCUT2D eigenvalue weighted by Gasteiger charge is -2.15. The number of hydrogen-bond donors (Lipinski definition) is 0. The van der Waals surface area contributed by atoms with Gasteiger partial charge in [0.15, 0.2) is 0 Å². The predicted octanol–water partition coefficient (Wildman–Crippen LogP) is 3.19. The highest BCUT2D eigenvalue weighted by Crippen LogP contribution is 2.24. The number of pyridine rings is 1. The Bertz CT molecular complexity index is 795. The highest BCUT2D eigenvalue weighted by atomic mass is 16.5. The van der Waals surface area contributed by atoms with Gasteiger partial charge in [-0.15, -0.1) is 0 Å². The minimum Gasteiger partial charge on any atom is -0.481 e. The molecule has 0 fully saturated rings. The van der Waals surface area contributed by atoms with Gasteiger partial charge >= 0.3 is 0 Å². The molecule has 1 aromatic heterocycles. The molecular formula is C20H22N2O3. The van der Waals surface area contributed by atoms with E-state index in [9.17, 15) is 9.59 Å². The van der Waals surface area contributed by atoms with Crippen LogP contribution in [0.15, 0.2) is 30.3 Å². The molecule has 130 valence electrons. The number of imide groups is 1. The molecule has 0 atom stereocenters. The van der Waals surface area contributed by atoms with Crippen LogP contribution in [0.2, 0.25) is 0 Å². The maximum absolute atomic E-state index is 12.4. The Hall–Kier alpha value is -2.69. The van der Waals surface area contributed by atoms with Gasteiger partial charge in [-0.3, -0.25) is 14.5 Å². The Balaban J connectivity index is 1.70. The molecule has 1 aliphatic heterocycles. The normalized spacial score (nSPS) is 13.3. The second-order valence-corrected chi connectivity index (χ2v) is 6.17. The molecule has 0 spiro atoms. The molecule has 25 heavy (non-hydrogen) atoms. The van der Waals surface area contributed by atoms with Crippen LogP contribution in [0.5, 0.6) is 5.88 Å². The number of aryl methyl sites for hydroxylation is 3. The van der Waals surface area contributed by atoms with Crippen molar-refractivity contribution in [2.24, 2.45) is 0 Å². The Morgan fingerprint density at radius 3 is 2.28 bits per heavy atom. The van der Waals surface area contributed by atoms with Gasteiger partial charge in [-0.05, 0) is 49.9 Å². The van der Waals surface area contributed by atoms with Crippen molar-refractivity contribution < 1.29 is 14.3 Å². The molecule has 2 heterocycles. The number of rotatable bonds is 6. The summed E-state index contributed by atoms with van der Waals surface area (Å²) < 4.78 is 5.38. The largest absolute Gasteiger partial charge is 0.481 e. The molecule has 5 nitrogen and oxygen atoms in total. The molecule has 0 unspecified atom stereocenters. The Labute approximate surface area is 147 Å². The van der Waals surface area contributed by atoms with Gasteiger partial charge in [0.2, 0.25) is 5.88 Å². The van der Waals surface area contributed by atoms with E-state index < -0.39 is 0 Å². The van der Waals surface area contributed by atoms with Crippen molar-refractivity contribution in [1.82, 2.24) is 9.88 Å². The molecule has 0 saturated heterocycles. The summed E-state index contributed by atoms with van der Waals surface area (Å²) in [5.41, 5.74) is 4.17. The van der Waals surface area contributed by atoms with Crippen LogP contribution in [0.1, 0.15) is 50.9 Å². The number of benzene rings is 1. The Kier molecular flexibility index (Phi) is 4.83. The van der Waals surface area contributed by atoms with Crippen LogP contribution in [0.4, 0.5) is 0 Å². The lowest BCUT2D eigenvalue weighted by molar-refractivity contribution is 0.0652. The molecule has 1 aliphatic rings. The number of ether oxygens (including phenoxy) is 1. The number of methoxy groups -OCH3 is 1. The van der Waals surface area contributed by atoms with Crippen LogP contribution >= 0.6 is 0 Å². The molecule has 0 saturated carbocycles. The van der Waals surface area contributed by atoms with Crippen molar-refractivity contribution in [3.05, 3.63) is 58.3 Å². The van der Waals surface area contributed by atoms with Crippen LogP contribution in [-0.2, 0) is 12.8 Å². The van der Waals surface area contributed by atoms with E-state index in [1.165, 1.54) is 10.5 Å². The fraction of sp³-hybridized carbons (Fsp3) is 0.350. The van der Waals surface area contributed by atoms with Crippen molar-refractivity contribution >= 4 is 11.8 Å². The predicted molar refractivity (Wildman–Crippen MR) is 95.0 cm³/mol. The molecule has 5 heteroatoms. The number of hydrogen-bond acceptors (Lipinski definition) is 4. The summed E-state index contributed by atoms with van der Waals surface area (Å²) in [5.74, 6) is 0.213. The Morgan fingerprint density at radius 2 is 1.72 bits per heavy atom. The lowest BCUT2D eigenvalue weighted by atomic mass is 10.0. The van der Waals surface area contributed by atoms with Crippen LogP contribution in [0, 0.1) is 6.92 Å². The SMILES string of the molecule is CCc1cc(CCCN2C(=O)c3ccccc3C2=O)c(OC)nc1C. The standard InChI is InChI=1S/C20H22N2O3/c1-4-14-12-15(18(25-3)21-13(14)2)8-7-11-22-19(23)16-9-5-6-10-17(16)20(22)24/h5-6,9-10,12H,4,7-8,11H2,1-3H3. The molecule has 0 N–H and O–H groups in total. The van der Waals surface area contributed by atoms with Gasteiger partial charge in [0.25, 0.3) is 11.8 Å². The highest BCUT2D eigenvalue weighted by Gasteiger charge is 2.34. The second kappa shape index (κ2) is 7.05. The zero-order valence-electron chi connectivity index (χ0n) is 14.8. The van der Waals surface area contributed by atoms with E-state index in [0.29, 0.717) is 36.4 Å². The van der Waals surface area contributed by atoms with E-state index in [0.717, 1.165) is 17.7 Å². The van der Waals surface area contributed by atoms with Crippen LogP contribution in [0.25, 0.3) is 0 Å². The second-order valence-electron chi connectivity index (χ2n) is 6.17. The third kappa shape index (κ3) is 3.14. The maximum Gasteiger partial charge on any atom is 0.261 e. The fourth-order valence-corrected chi connectivity index (χ4v) is 3.26. The molecule has 2 amide bonds. The van der Waals surface area contributed by atoms with E-state index in [2.05, 4.69) is 18.0 Å². The van der Waals surface area contributed by atoms with E-state index in [1.807, 2.05) is 6.92 Å². The average Bonchev–Trinajstić information content (AvgIpc) is 2.87. The smallest absolute Gasteiger partial charge is 0.261 e. The molecule has 0 bridgehead atoms. The third-order valence-electron chi connectivity index (χ3n) is 4.64. The summed E-state index contributed by atoms with van der Waals surface area (Å²) in [7, 11) is 1.61. The van der Waals surface area contributed by atoms with Gasteiger partial charge < -0.3 is 4.74 Å². The van der Waals surface area contributed by atoms with Gasteiger partial charge in [0, 0.05) is 17.8 Å². The van der Waals surface area contributed by atoms with E-state index in [-0.39, 0.29) is 11.8 Å². The number of amides is 2. The minimum absolute atomic E-state index is 0.205. The third-order valence-corrected chi connectivity index (χ3v) is 4.64. The molecule has 1 aromatic carbocycles. The summed E-state index contributed by atoms with van der Waals surface area (Å²) in [6, 6.07) is 9.08. The van der Waals surface area contributed by atoms with Gasteiger partial charge in [0.1, 0.15) is 0 Å². The van der Waals surface area contributed by atoms with Gasteiger partial charge in [-0.2, -0.15) is 0 Å². The summed E-state index contributed by atoms with van der Waals surface area (Å²) >= 11 is 0.